The number of primary amides is 1. The SMILES string of the molecule is COC(=O)CN=NNc1nc[nH]c1C(N)=O. The standard InChI is InChI=1S/C7H10N6O3/c1-16-4(14)2-11-13-12-7-5(6(8)15)9-3-10-7/h3H,2H2,1H3,(H2,8,15)(H,9,10)(H,11,12). The maximum absolute atomic E-state index is 10.8. The molecule has 0 aliphatic heterocycles. The van der Waals surface area contributed by atoms with Crippen molar-refractivity contribution >= 4 is 17.7 Å². The highest BCUT2D eigenvalue weighted by molar-refractivity contribution is 5.95. The van der Waals surface area contributed by atoms with Crippen LogP contribution in [0, 0.1) is 0 Å². The molecular formula is C7H10N6O3. The summed E-state index contributed by atoms with van der Waals surface area (Å²) in [6.07, 6.45) is 1.28. The van der Waals surface area contributed by atoms with Crippen LogP contribution in [0.15, 0.2) is 16.7 Å². The largest absolute Gasteiger partial charge is 0.468 e. The number of aromatic amines is 1. The number of carbonyl (C=O) groups is 2. The number of aromatic nitrogens is 2. The van der Waals surface area contributed by atoms with E-state index in [9.17, 15) is 9.59 Å². The van der Waals surface area contributed by atoms with Crippen molar-refractivity contribution in [3.05, 3.63) is 12.0 Å². The summed E-state index contributed by atoms with van der Waals surface area (Å²) in [7, 11) is 1.24. The molecule has 4 N–H and O–H groups in total. The van der Waals surface area contributed by atoms with Gasteiger partial charge < -0.3 is 15.5 Å². The Balaban J connectivity index is 2.51. The predicted molar refractivity (Wildman–Crippen MR) is 52.5 cm³/mol. The van der Waals surface area contributed by atoms with Gasteiger partial charge in [0.1, 0.15) is 5.69 Å². The van der Waals surface area contributed by atoms with E-state index in [0.29, 0.717) is 0 Å². The third-order valence-corrected chi connectivity index (χ3v) is 1.54. The number of rotatable bonds is 5. The van der Waals surface area contributed by atoms with Crippen molar-refractivity contribution < 1.29 is 14.3 Å². The third kappa shape index (κ3) is 3.04. The monoisotopic (exact) mass is 226 g/mol. The lowest BCUT2D eigenvalue weighted by atomic mass is 10.4. The molecule has 16 heavy (non-hydrogen) atoms. The number of hydrogen-bond donors (Lipinski definition) is 3. The van der Waals surface area contributed by atoms with Gasteiger partial charge in [-0.1, -0.05) is 5.22 Å². The number of nitrogens with two attached hydrogens (primary N) is 1. The fourth-order valence-corrected chi connectivity index (χ4v) is 0.807. The number of esters is 1. The number of ether oxygens (including phenoxy) is 1. The fraction of sp³-hybridized carbons (Fsp3) is 0.286. The van der Waals surface area contributed by atoms with Gasteiger partial charge in [0.2, 0.25) is 0 Å². The molecule has 9 nitrogen and oxygen atoms in total. The van der Waals surface area contributed by atoms with E-state index in [1.54, 1.807) is 0 Å². The van der Waals surface area contributed by atoms with E-state index in [-0.39, 0.29) is 18.1 Å². The van der Waals surface area contributed by atoms with Gasteiger partial charge in [-0.2, -0.15) is 5.11 Å². The van der Waals surface area contributed by atoms with Crippen LogP contribution in [0.3, 0.4) is 0 Å². The number of amides is 1. The first-order chi connectivity index (χ1) is 7.65. The zero-order valence-corrected chi connectivity index (χ0v) is 8.43. The van der Waals surface area contributed by atoms with Crippen LogP contribution in [0.5, 0.6) is 0 Å². The number of imidazole rings is 1. The first-order valence-corrected chi connectivity index (χ1v) is 4.17. The lowest BCUT2D eigenvalue weighted by Gasteiger charge is -1.96. The molecule has 0 fully saturated rings. The predicted octanol–water partition coefficient (Wildman–Crippen LogP) is -0.539. The van der Waals surface area contributed by atoms with Crippen LogP contribution in [0.2, 0.25) is 0 Å². The molecule has 1 rings (SSSR count). The minimum atomic E-state index is -0.678. The number of nitrogens with one attached hydrogen (secondary N) is 2. The molecule has 0 aromatic carbocycles. The van der Waals surface area contributed by atoms with Crippen molar-refractivity contribution in [1.82, 2.24) is 9.97 Å². The van der Waals surface area contributed by atoms with Crippen LogP contribution in [0.1, 0.15) is 10.5 Å². The second-order valence-corrected chi connectivity index (χ2v) is 2.58. The maximum atomic E-state index is 10.8. The van der Waals surface area contributed by atoms with Crippen LogP contribution >= 0.6 is 0 Å². The fourth-order valence-electron chi connectivity index (χ4n) is 0.807. The van der Waals surface area contributed by atoms with Crippen LogP contribution in [-0.4, -0.2) is 35.5 Å². The summed E-state index contributed by atoms with van der Waals surface area (Å²) >= 11 is 0. The summed E-state index contributed by atoms with van der Waals surface area (Å²) in [6, 6.07) is 0. The topological polar surface area (TPSA) is 135 Å². The molecule has 1 amide bonds. The van der Waals surface area contributed by atoms with E-state index in [4.69, 9.17) is 5.73 Å². The molecule has 0 saturated carbocycles. The molecule has 1 heterocycles. The Morgan fingerprint density at radius 3 is 3.06 bits per heavy atom. The lowest BCUT2D eigenvalue weighted by molar-refractivity contribution is -0.138. The van der Waals surface area contributed by atoms with Gasteiger partial charge in [0.15, 0.2) is 12.4 Å². The molecular weight excluding hydrogens is 216 g/mol. The van der Waals surface area contributed by atoms with Gasteiger partial charge in [0.05, 0.1) is 13.4 Å². The van der Waals surface area contributed by atoms with Crippen molar-refractivity contribution in [1.29, 1.82) is 0 Å². The van der Waals surface area contributed by atoms with Crippen molar-refractivity contribution in [3.63, 3.8) is 0 Å². The van der Waals surface area contributed by atoms with Crippen molar-refractivity contribution in [2.45, 2.75) is 0 Å². The normalized spacial score (nSPS) is 10.3. The lowest BCUT2D eigenvalue weighted by Crippen LogP contribution is -2.13. The highest BCUT2D eigenvalue weighted by atomic mass is 16.5. The first kappa shape index (κ1) is 11.6. The Kier molecular flexibility index (Phi) is 3.95. The van der Waals surface area contributed by atoms with E-state index in [1.807, 2.05) is 0 Å². The maximum Gasteiger partial charge on any atom is 0.329 e. The van der Waals surface area contributed by atoms with E-state index in [0.717, 1.165) is 0 Å². The molecule has 0 saturated heterocycles. The van der Waals surface area contributed by atoms with Gasteiger partial charge in [-0.15, -0.1) is 0 Å². The Morgan fingerprint density at radius 1 is 1.69 bits per heavy atom. The van der Waals surface area contributed by atoms with Crippen LogP contribution < -0.4 is 11.2 Å². The molecule has 0 bridgehead atoms. The van der Waals surface area contributed by atoms with Crippen LogP contribution in [0.4, 0.5) is 5.82 Å². The number of methoxy groups -OCH3 is 1. The summed E-state index contributed by atoms with van der Waals surface area (Å²) in [5, 5.41) is 6.88. The molecule has 0 unspecified atom stereocenters. The molecule has 0 radical (unpaired) electrons. The smallest absolute Gasteiger partial charge is 0.329 e. The second-order valence-electron chi connectivity index (χ2n) is 2.58. The van der Waals surface area contributed by atoms with E-state index in [1.165, 1.54) is 13.4 Å². The van der Waals surface area contributed by atoms with Gasteiger partial charge in [0.25, 0.3) is 5.91 Å². The zero-order valence-electron chi connectivity index (χ0n) is 8.43. The molecule has 1 aromatic rings. The Hall–Kier alpha value is -2.45. The van der Waals surface area contributed by atoms with Gasteiger partial charge >= 0.3 is 5.97 Å². The van der Waals surface area contributed by atoms with E-state index in [2.05, 4.69) is 30.5 Å². The van der Waals surface area contributed by atoms with E-state index < -0.39 is 11.9 Å². The third-order valence-electron chi connectivity index (χ3n) is 1.54. The molecule has 0 aliphatic rings. The van der Waals surface area contributed by atoms with Gasteiger partial charge in [-0.05, 0) is 0 Å². The van der Waals surface area contributed by atoms with E-state index >= 15 is 0 Å². The number of hydrogen-bond acceptors (Lipinski definition) is 6. The summed E-state index contributed by atoms with van der Waals surface area (Å²) < 4.78 is 4.33. The van der Waals surface area contributed by atoms with Crippen LogP contribution in [-0.2, 0) is 9.53 Å². The first-order valence-electron chi connectivity index (χ1n) is 4.17. The summed E-state index contributed by atoms with van der Waals surface area (Å²) in [5.41, 5.74) is 7.48. The highest BCUT2D eigenvalue weighted by Gasteiger charge is 2.09. The Labute approximate surface area is 90.1 Å². The molecule has 0 aliphatic carbocycles. The molecule has 86 valence electrons. The quantitative estimate of drug-likeness (QED) is 0.352. The Morgan fingerprint density at radius 2 is 2.44 bits per heavy atom. The number of carbonyl (C=O) groups excluding carboxylic acids is 2. The minimum Gasteiger partial charge on any atom is -0.468 e. The zero-order chi connectivity index (χ0) is 12.0. The van der Waals surface area contributed by atoms with Crippen molar-refractivity contribution in [3.8, 4) is 0 Å². The van der Waals surface area contributed by atoms with Crippen molar-refractivity contribution in [2.24, 2.45) is 16.1 Å². The molecule has 0 spiro atoms. The second kappa shape index (κ2) is 5.44. The van der Waals surface area contributed by atoms with Gasteiger partial charge in [0, 0.05) is 0 Å². The molecule has 9 heteroatoms. The highest BCUT2D eigenvalue weighted by Crippen LogP contribution is 2.07. The average Bonchev–Trinajstić information content (AvgIpc) is 2.72. The number of H-pyrrole nitrogens is 1. The summed E-state index contributed by atoms with van der Waals surface area (Å²) in [6.45, 7) is -0.222. The summed E-state index contributed by atoms with van der Waals surface area (Å²) in [4.78, 5) is 27.7. The Bertz CT molecular complexity index is 412. The minimum absolute atomic E-state index is 0.0806. The molecule has 1 aromatic heterocycles. The number of nitrogens with zero attached hydrogens (tertiary/aromatic N) is 3. The van der Waals surface area contributed by atoms with Gasteiger partial charge in [-0.3, -0.25) is 4.79 Å². The molecule has 0 atom stereocenters. The van der Waals surface area contributed by atoms with Gasteiger partial charge in [-0.25, -0.2) is 15.2 Å². The average molecular weight is 226 g/mol. The number of anilines is 1. The van der Waals surface area contributed by atoms with Crippen LogP contribution in [0.25, 0.3) is 0 Å². The summed E-state index contributed by atoms with van der Waals surface area (Å²) in [5.74, 6) is -1.06. The van der Waals surface area contributed by atoms with Crippen molar-refractivity contribution in [2.75, 3.05) is 19.1 Å².